The molecule has 4 atom stereocenters. The van der Waals surface area contributed by atoms with Crippen molar-refractivity contribution in [3.05, 3.63) is 29.3 Å². The van der Waals surface area contributed by atoms with Gasteiger partial charge in [-0.1, -0.05) is 6.07 Å². The predicted molar refractivity (Wildman–Crippen MR) is 104 cm³/mol. The van der Waals surface area contributed by atoms with E-state index in [2.05, 4.69) is 17.4 Å². The summed E-state index contributed by atoms with van der Waals surface area (Å²) in [5.74, 6) is 0.279. The molecule has 5 rings (SSSR count). The molecule has 1 aliphatic carbocycles. The van der Waals surface area contributed by atoms with Crippen molar-refractivity contribution in [1.82, 2.24) is 4.90 Å². The van der Waals surface area contributed by atoms with Crippen LogP contribution in [-0.4, -0.2) is 53.2 Å². The molecule has 2 amide bonds. The number of aliphatic hydroxyl groups excluding tert-OH is 1. The zero-order valence-electron chi connectivity index (χ0n) is 16.2. The minimum absolute atomic E-state index is 0.0108. The van der Waals surface area contributed by atoms with Gasteiger partial charge >= 0.3 is 0 Å². The summed E-state index contributed by atoms with van der Waals surface area (Å²) in [6.07, 6.45) is 5.90. The Morgan fingerprint density at radius 2 is 2.11 bits per heavy atom. The summed E-state index contributed by atoms with van der Waals surface area (Å²) in [6.45, 7) is 1.38. The van der Waals surface area contributed by atoms with Crippen LogP contribution in [0.2, 0.25) is 0 Å². The van der Waals surface area contributed by atoms with Crippen LogP contribution < -0.4 is 5.32 Å². The predicted octanol–water partition coefficient (Wildman–Crippen LogP) is 1.89. The van der Waals surface area contributed by atoms with Crippen LogP contribution in [0, 0.1) is 11.8 Å². The largest absolute Gasteiger partial charge is 0.396 e. The van der Waals surface area contributed by atoms with E-state index in [1.807, 2.05) is 11.0 Å². The van der Waals surface area contributed by atoms with Gasteiger partial charge in [-0.05, 0) is 55.4 Å². The van der Waals surface area contributed by atoms with E-state index in [0.717, 1.165) is 31.4 Å². The first-order valence-corrected chi connectivity index (χ1v) is 10.6. The highest BCUT2D eigenvalue weighted by Gasteiger charge is 2.63. The number of aryl methyl sites for hydroxylation is 2. The molecule has 0 radical (unpaired) electrons. The number of amides is 2. The van der Waals surface area contributed by atoms with Crippen molar-refractivity contribution in [3.8, 4) is 0 Å². The monoisotopic (exact) mass is 384 g/mol. The number of ether oxygens (including phenoxy) is 1. The lowest BCUT2D eigenvalue weighted by molar-refractivity contribution is -0.133. The van der Waals surface area contributed by atoms with E-state index >= 15 is 0 Å². The van der Waals surface area contributed by atoms with Gasteiger partial charge in [0.1, 0.15) is 0 Å². The van der Waals surface area contributed by atoms with E-state index in [0.29, 0.717) is 13.1 Å². The summed E-state index contributed by atoms with van der Waals surface area (Å²) in [5, 5.41) is 12.6. The average Bonchev–Trinajstić information content (AvgIpc) is 3.44. The Hall–Kier alpha value is -1.92. The van der Waals surface area contributed by atoms with Gasteiger partial charge in [-0.25, -0.2) is 0 Å². The number of likely N-dealkylation sites (tertiary alicyclic amines) is 1. The summed E-state index contributed by atoms with van der Waals surface area (Å²) < 4.78 is 6.18. The van der Waals surface area contributed by atoms with Crippen LogP contribution in [0.4, 0.5) is 5.69 Å². The first-order chi connectivity index (χ1) is 13.6. The zero-order chi connectivity index (χ0) is 19.3. The van der Waals surface area contributed by atoms with Gasteiger partial charge in [0.2, 0.25) is 11.8 Å². The van der Waals surface area contributed by atoms with Gasteiger partial charge in [0.15, 0.2) is 0 Å². The van der Waals surface area contributed by atoms with Crippen LogP contribution in [0.3, 0.4) is 0 Å². The fourth-order valence-corrected chi connectivity index (χ4v) is 5.88. The molecule has 150 valence electrons. The minimum Gasteiger partial charge on any atom is -0.396 e. The SMILES string of the molecule is O=C(CCC(=O)N1C[C@H]2[C@@H](CO)[C@@H]3CC[C@@]2(C1)O3)Nc1ccc2c(c1)CCC2. The molecular weight excluding hydrogens is 356 g/mol. The molecule has 3 fully saturated rings. The Bertz CT molecular complexity index is 810. The van der Waals surface area contributed by atoms with Gasteiger partial charge in [0.05, 0.1) is 18.2 Å². The summed E-state index contributed by atoms with van der Waals surface area (Å²) >= 11 is 0. The number of hydrogen-bond donors (Lipinski definition) is 2. The summed E-state index contributed by atoms with van der Waals surface area (Å²) in [6, 6.07) is 6.11. The molecule has 0 saturated carbocycles. The van der Waals surface area contributed by atoms with Crippen molar-refractivity contribution in [1.29, 1.82) is 0 Å². The van der Waals surface area contributed by atoms with E-state index in [9.17, 15) is 14.7 Å². The van der Waals surface area contributed by atoms with Crippen LogP contribution in [-0.2, 0) is 27.2 Å². The maximum Gasteiger partial charge on any atom is 0.224 e. The fraction of sp³-hybridized carbons (Fsp3) is 0.636. The summed E-state index contributed by atoms with van der Waals surface area (Å²) in [7, 11) is 0. The summed E-state index contributed by atoms with van der Waals surface area (Å²) in [4.78, 5) is 26.8. The van der Waals surface area contributed by atoms with Crippen molar-refractivity contribution in [2.75, 3.05) is 25.0 Å². The molecule has 6 nitrogen and oxygen atoms in total. The number of hydrogen-bond acceptors (Lipinski definition) is 4. The lowest BCUT2D eigenvalue weighted by Crippen LogP contribution is -2.38. The first-order valence-electron chi connectivity index (χ1n) is 10.6. The van der Waals surface area contributed by atoms with Crippen LogP contribution in [0.5, 0.6) is 0 Å². The normalized spacial score (nSPS) is 32.5. The highest BCUT2D eigenvalue weighted by atomic mass is 16.5. The molecular formula is C22H28N2O4. The fourth-order valence-electron chi connectivity index (χ4n) is 5.88. The topological polar surface area (TPSA) is 78.9 Å². The third kappa shape index (κ3) is 2.94. The maximum atomic E-state index is 12.7. The number of rotatable bonds is 5. The second-order valence-electron chi connectivity index (χ2n) is 8.87. The van der Waals surface area contributed by atoms with E-state index in [4.69, 9.17) is 4.74 Å². The molecule has 1 aromatic rings. The highest BCUT2D eigenvalue weighted by molar-refractivity contribution is 5.93. The number of aliphatic hydroxyl groups is 1. The molecule has 1 aromatic carbocycles. The molecule has 6 heteroatoms. The smallest absolute Gasteiger partial charge is 0.224 e. The van der Waals surface area contributed by atoms with E-state index in [1.54, 1.807) is 0 Å². The van der Waals surface area contributed by atoms with Crippen molar-refractivity contribution >= 4 is 17.5 Å². The van der Waals surface area contributed by atoms with Crippen molar-refractivity contribution in [3.63, 3.8) is 0 Å². The maximum absolute atomic E-state index is 12.7. The number of nitrogens with one attached hydrogen (secondary N) is 1. The first kappa shape index (κ1) is 18.1. The standard InChI is InChI=1S/C22H28N2O4/c25-12-17-18-11-24(13-22(18)9-8-19(17)28-22)21(27)7-6-20(26)23-16-5-4-14-2-1-3-15(14)10-16/h4-5,10,17-19,25H,1-3,6-9,11-13H2,(H,23,26)/t17-,18+,19+,22+/m1/s1. The molecule has 4 aliphatic rings. The molecule has 0 aromatic heterocycles. The second-order valence-corrected chi connectivity index (χ2v) is 8.87. The molecule has 28 heavy (non-hydrogen) atoms. The number of anilines is 1. The Kier molecular flexibility index (Phi) is 4.43. The zero-order valence-corrected chi connectivity index (χ0v) is 16.2. The minimum atomic E-state index is -0.250. The van der Waals surface area contributed by atoms with E-state index in [-0.39, 0.29) is 54.8 Å². The Balaban J connectivity index is 1.14. The molecule has 2 N–H and O–H groups in total. The van der Waals surface area contributed by atoms with E-state index < -0.39 is 0 Å². The number of benzene rings is 1. The van der Waals surface area contributed by atoms with Crippen molar-refractivity contribution in [2.45, 2.75) is 56.7 Å². The number of fused-ring (bicyclic) bond motifs is 2. The van der Waals surface area contributed by atoms with Gasteiger partial charge in [0.25, 0.3) is 0 Å². The van der Waals surface area contributed by atoms with Gasteiger partial charge < -0.3 is 20.1 Å². The number of carbonyl (C=O) groups is 2. The van der Waals surface area contributed by atoms with Gasteiger partial charge in [0, 0.05) is 43.5 Å². The highest BCUT2D eigenvalue weighted by Crippen LogP contribution is 2.54. The molecule has 0 unspecified atom stereocenters. The number of nitrogens with zero attached hydrogens (tertiary/aromatic N) is 1. The van der Waals surface area contributed by atoms with Gasteiger partial charge in [-0.15, -0.1) is 0 Å². The van der Waals surface area contributed by atoms with Gasteiger partial charge in [-0.3, -0.25) is 9.59 Å². The van der Waals surface area contributed by atoms with E-state index in [1.165, 1.54) is 17.5 Å². The third-order valence-corrected chi connectivity index (χ3v) is 7.30. The quantitative estimate of drug-likeness (QED) is 0.813. The molecule has 3 heterocycles. The van der Waals surface area contributed by atoms with Crippen molar-refractivity contribution in [2.24, 2.45) is 11.8 Å². The summed E-state index contributed by atoms with van der Waals surface area (Å²) in [5.41, 5.74) is 3.28. The average molecular weight is 384 g/mol. The van der Waals surface area contributed by atoms with Crippen LogP contribution in [0.1, 0.15) is 43.2 Å². The Morgan fingerprint density at radius 3 is 2.96 bits per heavy atom. The molecule has 3 saturated heterocycles. The van der Waals surface area contributed by atoms with Crippen LogP contribution in [0.25, 0.3) is 0 Å². The number of carbonyl (C=O) groups excluding carboxylic acids is 2. The molecule has 1 spiro atoms. The lowest BCUT2D eigenvalue weighted by Gasteiger charge is -2.27. The van der Waals surface area contributed by atoms with Crippen molar-refractivity contribution < 1.29 is 19.4 Å². The second kappa shape index (κ2) is 6.85. The lowest BCUT2D eigenvalue weighted by atomic mass is 9.74. The van der Waals surface area contributed by atoms with Crippen LogP contribution >= 0.6 is 0 Å². The third-order valence-electron chi connectivity index (χ3n) is 7.30. The molecule has 2 bridgehead atoms. The Morgan fingerprint density at radius 1 is 1.25 bits per heavy atom. The van der Waals surface area contributed by atoms with Crippen LogP contribution in [0.15, 0.2) is 18.2 Å². The van der Waals surface area contributed by atoms with Gasteiger partial charge in [-0.2, -0.15) is 0 Å². The Labute approximate surface area is 165 Å². The molecule has 3 aliphatic heterocycles.